The van der Waals surface area contributed by atoms with E-state index in [1.807, 2.05) is 13.8 Å². The van der Waals surface area contributed by atoms with E-state index in [1.165, 1.54) is 6.92 Å². The summed E-state index contributed by atoms with van der Waals surface area (Å²) in [4.78, 5) is 37.4. The van der Waals surface area contributed by atoms with Crippen molar-refractivity contribution in [2.45, 2.75) is 64.1 Å². The van der Waals surface area contributed by atoms with E-state index in [4.69, 9.17) is 5.73 Å². The molecule has 0 aromatic carbocycles. The van der Waals surface area contributed by atoms with Gasteiger partial charge in [-0.1, -0.05) is 13.8 Å². The molecule has 0 saturated heterocycles. The normalized spacial score (nSPS) is 27.5. The number of carbonyl (C=O) groups is 3. The second kappa shape index (κ2) is 8.43. The number of carbonyl (C=O) groups excluding carboxylic acids is 2. The lowest BCUT2D eigenvalue weighted by molar-refractivity contribution is -0.158. The summed E-state index contributed by atoms with van der Waals surface area (Å²) in [5.74, 6) is -2.64. The lowest BCUT2D eigenvalue weighted by atomic mass is 9.91. The molecule has 0 aromatic heterocycles. The molecule has 0 aromatic rings. The van der Waals surface area contributed by atoms with Crippen molar-refractivity contribution < 1.29 is 24.6 Å². The van der Waals surface area contributed by atoms with Crippen LogP contribution in [0.5, 0.6) is 0 Å². The Labute approximate surface area is 142 Å². The minimum atomic E-state index is -1.96. The molecular formula is C16H29N3O5. The van der Waals surface area contributed by atoms with Gasteiger partial charge in [0.15, 0.2) is 5.60 Å². The van der Waals surface area contributed by atoms with Crippen LogP contribution in [-0.2, 0) is 14.4 Å². The smallest absolute Gasteiger partial charge is 0.335 e. The molecule has 1 saturated carbocycles. The van der Waals surface area contributed by atoms with Crippen LogP contribution in [0.3, 0.4) is 0 Å². The fourth-order valence-corrected chi connectivity index (χ4v) is 3.35. The molecule has 2 amide bonds. The van der Waals surface area contributed by atoms with Gasteiger partial charge in [-0.15, -0.1) is 0 Å². The Morgan fingerprint density at radius 3 is 2.17 bits per heavy atom. The summed E-state index contributed by atoms with van der Waals surface area (Å²) < 4.78 is 0. The molecule has 0 aliphatic heterocycles. The summed E-state index contributed by atoms with van der Waals surface area (Å²) in [7, 11) is 0. The summed E-state index contributed by atoms with van der Waals surface area (Å²) in [6, 6.07) is -1.61. The molecule has 138 valence electrons. The van der Waals surface area contributed by atoms with E-state index in [0.717, 1.165) is 12.8 Å². The van der Waals surface area contributed by atoms with Crippen molar-refractivity contribution in [3.63, 3.8) is 0 Å². The van der Waals surface area contributed by atoms with Crippen LogP contribution in [-0.4, -0.2) is 63.7 Å². The van der Waals surface area contributed by atoms with E-state index < -0.39 is 29.6 Å². The Morgan fingerprint density at radius 1 is 1.25 bits per heavy atom. The zero-order valence-electron chi connectivity index (χ0n) is 14.6. The number of carboxylic acid groups (broad SMARTS) is 1. The van der Waals surface area contributed by atoms with Crippen LogP contribution in [0.2, 0.25) is 0 Å². The molecule has 0 heterocycles. The van der Waals surface area contributed by atoms with Gasteiger partial charge in [-0.25, -0.2) is 4.79 Å². The van der Waals surface area contributed by atoms with Crippen LogP contribution in [0, 0.1) is 5.92 Å². The van der Waals surface area contributed by atoms with Gasteiger partial charge in [0.25, 0.3) is 0 Å². The largest absolute Gasteiger partial charge is 0.479 e. The molecule has 1 aliphatic carbocycles. The van der Waals surface area contributed by atoms with Gasteiger partial charge < -0.3 is 26.2 Å². The van der Waals surface area contributed by atoms with Crippen molar-refractivity contribution in [3.05, 3.63) is 0 Å². The highest BCUT2D eigenvalue weighted by atomic mass is 16.4. The van der Waals surface area contributed by atoms with E-state index in [2.05, 4.69) is 5.32 Å². The molecule has 1 aliphatic rings. The topological polar surface area (TPSA) is 133 Å². The number of rotatable bonds is 8. The lowest BCUT2D eigenvalue weighted by Gasteiger charge is -2.32. The number of nitrogens with zero attached hydrogens (tertiary/aromatic N) is 1. The molecular weight excluding hydrogens is 314 g/mol. The average molecular weight is 343 g/mol. The number of nitrogens with two attached hydrogens (primary N) is 1. The highest BCUT2D eigenvalue weighted by molar-refractivity contribution is 5.88. The Balaban J connectivity index is 3.06. The molecule has 24 heavy (non-hydrogen) atoms. The Kier molecular flexibility index (Phi) is 7.16. The van der Waals surface area contributed by atoms with Crippen LogP contribution in [0.15, 0.2) is 0 Å². The predicted octanol–water partition coefficient (Wildman–Crippen LogP) is -0.307. The quantitative estimate of drug-likeness (QED) is 0.478. The molecule has 5 N–H and O–H groups in total. The van der Waals surface area contributed by atoms with Gasteiger partial charge >= 0.3 is 5.97 Å². The maximum atomic E-state index is 12.9. The van der Waals surface area contributed by atoms with E-state index in [0.29, 0.717) is 13.1 Å². The fraction of sp³-hybridized carbons (Fsp3) is 0.812. The van der Waals surface area contributed by atoms with Crippen molar-refractivity contribution in [2.75, 3.05) is 13.1 Å². The first-order chi connectivity index (χ1) is 11.2. The summed E-state index contributed by atoms with van der Waals surface area (Å²) in [6.45, 7) is 6.30. The fourth-order valence-electron chi connectivity index (χ4n) is 3.35. The van der Waals surface area contributed by atoms with Gasteiger partial charge in [0, 0.05) is 38.4 Å². The van der Waals surface area contributed by atoms with E-state index in [1.54, 1.807) is 4.90 Å². The van der Waals surface area contributed by atoms with E-state index in [9.17, 15) is 24.6 Å². The third-order valence-corrected chi connectivity index (χ3v) is 4.45. The molecule has 0 bridgehead atoms. The van der Waals surface area contributed by atoms with Crippen LogP contribution in [0.25, 0.3) is 0 Å². The minimum Gasteiger partial charge on any atom is -0.479 e. The number of amides is 2. The van der Waals surface area contributed by atoms with Crippen molar-refractivity contribution in [1.82, 2.24) is 10.2 Å². The minimum absolute atomic E-state index is 0.141. The predicted molar refractivity (Wildman–Crippen MR) is 88.1 cm³/mol. The molecule has 1 rings (SSSR count). The number of nitrogens with one attached hydrogen (secondary N) is 1. The number of hydrogen-bond donors (Lipinski definition) is 4. The standard InChI is InChI=1S/C16H29N3O5/c1-4-6-19(7-5-2)14(21)13(18-10(3)20)11-8-16(24,15(22)23)9-12(11)17/h11-13,24H,4-9,17H2,1-3H3,(H,18,20)(H,22,23). The average Bonchev–Trinajstić information content (AvgIpc) is 2.80. The van der Waals surface area contributed by atoms with Crippen LogP contribution in [0.4, 0.5) is 0 Å². The maximum absolute atomic E-state index is 12.9. The monoisotopic (exact) mass is 343 g/mol. The third kappa shape index (κ3) is 4.67. The van der Waals surface area contributed by atoms with E-state index >= 15 is 0 Å². The molecule has 0 spiro atoms. The Hall–Kier alpha value is -1.67. The first-order valence-electron chi connectivity index (χ1n) is 8.43. The van der Waals surface area contributed by atoms with Crippen LogP contribution < -0.4 is 11.1 Å². The number of carboxylic acids is 1. The highest BCUT2D eigenvalue weighted by Crippen LogP contribution is 2.36. The molecule has 0 radical (unpaired) electrons. The van der Waals surface area contributed by atoms with Crippen molar-refractivity contribution in [2.24, 2.45) is 11.7 Å². The van der Waals surface area contributed by atoms with Gasteiger partial charge in [0.1, 0.15) is 6.04 Å². The van der Waals surface area contributed by atoms with Gasteiger partial charge in [-0.05, 0) is 19.3 Å². The summed E-state index contributed by atoms with van der Waals surface area (Å²) in [5.41, 5.74) is 4.05. The lowest BCUT2D eigenvalue weighted by Crippen LogP contribution is -2.55. The summed E-state index contributed by atoms with van der Waals surface area (Å²) in [6.07, 6.45) is 1.24. The number of aliphatic hydroxyl groups is 1. The summed E-state index contributed by atoms with van der Waals surface area (Å²) >= 11 is 0. The highest BCUT2D eigenvalue weighted by Gasteiger charge is 2.52. The summed E-state index contributed by atoms with van der Waals surface area (Å²) in [5, 5.41) is 22.0. The SMILES string of the molecule is CCCN(CCC)C(=O)C(NC(C)=O)C1CC(O)(C(=O)O)CC1N. The second-order valence-corrected chi connectivity index (χ2v) is 6.58. The number of aliphatic carboxylic acids is 1. The van der Waals surface area contributed by atoms with Gasteiger partial charge in [-0.2, -0.15) is 0 Å². The third-order valence-electron chi connectivity index (χ3n) is 4.45. The Morgan fingerprint density at radius 2 is 1.79 bits per heavy atom. The van der Waals surface area contributed by atoms with Gasteiger partial charge in [0.2, 0.25) is 11.8 Å². The molecule has 8 heteroatoms. The van der Waals surface area contributed by atoms with Crippen molar-refractivity contribution >= 4 is 17.8 Å². The Bertz CT molecular complexity index is 478. The van der Waals surface area contributed by atoms with Crippen LogP contribution >= 0.6 is 0 Å². The molecule has 8 nitrogen and oxygen atoms in total. The van der Waals surface area contributed by atoms with Crippen LogP contribution in [0.1, 0.15) is 46.5 Å². The van der Waals surface area contributed by atoms with Crippen molar-refractivity contribution in [1.29, 1.82) is 0 Å². The number of hydrogen-bond acceptors (Lipinski definition) is 5. The van der Waals surface area contributed by atoms with E-state index in [-0.39, 0.29) is 24.7 Å². The first kappa shape index (κ1) is 20.4. The van der Waals surface area contributed by atoms with Gasteiger partial charge in [-0.3, -0.25) is 9.59 Å². The zero-order valence-corrected chi connectivity index (χ0v) is 14.6. The zero-order chi connectivity index (χ0) is 18.5. The second-order valence-electron chi connectivity index (χ2n) is 6.58. The molecule has 4 atom stereocenters. The maximum Gasteiger partial charge on any atom is 0.335 e. The first-order valence-corrected chi connectivity index (χ1v) is 8.43. The molecule has 1 fully saturated rings. The molecule has 4 unspecified atom stereocenters. The van der Waals surface area contributed by atoms with Gasteiger partial charge in [0.05, 0.1) is 0 Å². The van der Waals surface area contributed by atoms with Crippen molar-refractivity contribution in [3.8, 4) is 0 Å².